The van der Waals surface area contributed by atoms with E-state index in [1.165, 1.54) is 6.33 Å². The molecule has 2 aromatic heterocycles. The molecule has 0 unspecified atom stereocenters. The number of hydrogen-bond donors (Lipinski definition) is 1. The summed E-state index contributed by atoms with van der Waals surface area (Å²) in [6.07, 6.45) is 1.51. The van der Waals surface area contributed by atoms with Crippen molar-refractivity contribution in [3.63, 3.8) is 0 Å². The maximum atomic E-state index is 12.4. The molecule has 0 spiro atoms. The van der Waals surface area contributed by atoms with Gasteiger partial charge in [0.15, 0.2) is 0 Å². The van der Waals surface area contributed by atoms with Gasteiger partial charge in [-0.2, -0.15) is 0 Å². The Bertz CT molecular complexity index is 639. The highest BCUT2D eigenvalue weighted by atomic mass is 32.1. The maximum absolute atomic E-state index is 12.4. The van der Waals surface area contributed by atoms with Gasteiger partial charge < -0.3 is 19.7 Å². The first-order valence-electron chi connectivity index (χ1n) is 7.36. The molecule has 0 saturated heterocycles. The molecule has 2 rings (SSSR count). The van der Waals surface area contributed by atoms with E-state index in [1.807, 2.05) is 13.0 Å². The van der Waals surface area contributed by atoms with Crippen molar-refractivity contribution in [1.82, 2.24) is 14.9 Å². The van der Waals surface area contributed by atoms with E-state index < -0.39 is 0 Å². The summed E-state index contributed by atoms with van der Waals surface area (Å²) in [5.74, 6) is 0.670. The fraction of sp³-hybridized carbons (Fsp3) is 0.533. The van der Waals surface area contributed by atoms with Crippen LogP contribution in [0.1, 0.15) is 4.88 Å². The summed E-state index contributed by atoms with van der Waals surface area (Å²) in [6.45, 7) is 4.27. The molecule has 0 atom stereocenters. The molecule has 0 bridgehead atoms. The Morgan fingerprint density at radius 3 is 2.61 bits per heavy atom. The number of hydrogen-bond acceptors (Lipinski definition) is 7. The minimum atomic E-state index is -0.0159. The van der Waals surface area contributed by atoms with Gasteiger partial charge in [0.2, 0.25) is 5.91 Å². The number of aryl methyl sites for hydroxylation is 1. The van der Waals surface area contributed by atoms with Gasteiger partial charge in [-0.3, -0.25) is 4.79 Å². The smallest absolute Gasteiger partial charge is 0.242 e. The SMILES string of the molecule is COCCN(CCOC)C(=O)CNc1ncnc2sc(C)cc12. The predicted molar refractivity (Wildman–Crippen MR) is 91.0 cm³/mol. The van der Waals surface area contributed by atoms with Gasteiger partial charge in [-0.05, 0) is 13.0 Å². The molecule has 2 aromatic rings. The van der Waals surface area contributed by atoms with Crippen LogP contribution < -0.4 is 5.32 Å². The summed E-state index contributed by atoms with van der Waals surface area (Å²) in [5, 5.41) is 4.06. The monoisotopic (exact) mass is 338 g/mol. The van der Waals surface area contributed by atoms with Crippen molar-refractivity contribution in [2.45, 2.75) is 6.92 Å². The number of aromatic nitrogens is 2. The van der Waals surface area contributed by atoms with E-state index in [-0.39, 0.29) is 12.5 Å². The summed E-state index contributed by atoms with van der Waals surface area (Å²) >= 11 is 1.61. The third kappa shape index (κ3) is 4.85. The summed E-state index contributed by atoms with van der Waals surface area (Å²) in [4.78, 5) is 24.7. The zero-order chi connectivity index (χ0) is 16.7. The molecule has 0 aromatic carbocycles. The molecule has 0 aliphatic rings. The molecule has 0 fully saturated rings. The Labute approximate surface area is 139 Å². The largest absolute Gasteiger partial charge is 0.383 e. The maximum Gasteiger partial charge on any atom is 0.242 e. The Hall–Kier alpha value is -1.77. The molecular weight excluding hydrogens is 316 g/mol. The molecule has 126 valence electrons. The van der Waals surface area contributed by atoms with E-state index in [2.05, 4.69) is 15.3 Å². The van der Waals surface area contributed by atoms with Gasteiger partial charge in [0.25, 0.3) is 0 Å². The topological polar surface area (TPSA) is 76.6 Å². The van der Waals surface area contributed by atoms with E-state index >= 15 is 0 Å². The number of thiophene rings is 1. The normalized spacial score (nSPS) is 10.9. The molecule has 0 radical (unpaired) electrons. The Balaban J connectivity index is 2.00. The van der Waals surface area contributed by atoms with Crippen molar-refractivity contribution >= 4 is 33.3 Å². The second kappa shape index (κ2) is 8.76. The van der Waals surface area contributed by atoms with Crippen LogP contribution >= 0.6 is 11.3 Å². The highest BCUT2D eigenvalue weighted by Gasteiger charge is 2.14. The number of methoxy groups -OCH3 is 2. The molecule has 7 nitrogen and oxygen atoms in total. The molecule has 1 N–H and O–H groups in total. The number of anilines is 1. The molecule has 1 amide bonds. The lowest BCUT2D eigenvalue weighted by Gasteiger charge is -2.22. The second-order valence-electron chi connectivity index (χ2n) is 5.02. The molecule has 2 heterocycles. The van der Waals surface area contributed by atoms with E-state index in [1.54, 1.807) is 30.5 Å². The van der Waals surface area contributed by atoms with Gasteiger partial charge >= 0.3 is 0 Å². The van der Waals surface area contributed by atoms with Crippen LogP contribution in [0.15, 0.2) is 12.4 Å². The summed E-state index contributed by atoms with van der Waals surface area (Å²) < 4.78 is 10.1. The van der Waals surface area contributed by atoms with Gasteiger partial charge in [0.05, 0.1) is 25.1 Å². The van der Waals surface area contributed by atoms with E-state index in [0.717, 1.165) is 15.1 Å². The van der Waals surface area contributed by atoms with Crippen molar-refractivity contribution in [2.24, 2.45) is 0 Å². The number of fused-ring (bicyclic) bond motifs is 1. The predicted octanol–water partition coefficient (Wildman–Crippen LogP) is 1.53. The van der Waals surface area contributed by atoms with Crippen molar-refractivity contribution in [1.29, 1.82) is 0 Å². The lowest BCUT2D eigenvalue weighted by atomic mass is 10.3. The van der Waals surface area contributed by atoms with Gasteiger partial charge in [-0.15, -0.1) is 11.3 Å². The van der Waals surface area contributed by atoms with Crippen LogP contribution in [-0.4, -0.2) is 67.8 Å². The minimum Gasteiger partial charge on any atom is -0.383 e. The van der Waals surface area contributed by atoms with Crippen molar-refractivity contribution < 1.29 is 14.3 Å². The van der Waals surface area contributed by atoms with Crippen LogP contribution in [0, 0.1) is 6.92 Å². The van der Waals surface area contributed by atoms with Crippen LogP contribution in [-0.2, 0) is 14.3 Å². The fourth-order valence-electron chi connectivity index (χ4n) is 2.15. The summed E-state index contributed by atoms with van der Waals surface area (Å²) in [6, 6.07) is 2.03. The highest BCUT2D eigenvalue weighted by Crippen LogP contribution is 2.27. The van der Waals surface area contributed by atoms with Crippen molar-refractivity contribution in [2.75, 3.05) is 52.4 Å². The van der Waals surface area contributed by atoms with Crippen molar-refractivity contribution in [3.05, 3.63) is 17.3 Å². The second-order valence-corrected chi connectivity index (χ2v) is 6.25. The minimum absolute atomic E-state index is 0.0159. The van der Waals surface area contributed by atoms with Gasteiger partial charge in [0, 0.05) is 32.2 Å². The molecule has 8 heteroatoms. The van der Waals surface area contributed by atoms with Gasteiger partial charge in [0.1, 0.15) is 17.0 Å². The van der Waals surface area contributed by atoms with Crippen LogP contribution in [0.5, 0.6) is 0 Å². The average molecular weight is 338 g/mol. The molecular formula is C15H22N4O3S. The first-order valence-corrected chi connectivity index (χ1v) is 8.18. The van der Waals surface area contributed by atoms with Crippen LogP contribution in [0.3, 0.4) is 0 Å². The molecule has 23 heavy (non-hydrogen) atoms. The van der Waals surface area contributed by atoms with E-state index in [4.69, 9.17) is 9.47 Å². The number of carbonyl (C=O) groups is 1. The number of nitrogens with one attached hydrogen (secondary N) is 1. The standard InChI is InChI=1S/C15H22N4O3S/c1-11-8-12-14(17-10-18-15(12)23-11)16-9-13(20)19(4-6-21-2)5-7-22-3/h8,10H,4-7,9H2,1-3H3,(H,16,17,18). The molecule has 0 aliphatic carbocycles. The number of nitrogens with zero attached hydrogens (tertiary/aromatic N) is 3. The van der Waals surface area contributed by atoms with E-state index in [0.29, 0.717) is 32.1 Å². The van der Waals surface area contributed by atoms with Gasteiger partial charge in [-0.25, -0.2) is 9.97 Å². The third-order valence-electron chi connectivity index (χ3n) is 3.34. The highest BCUT2D eigenvalue weighted by molar-refractivity contribution is 7.18. The number of ether oxygens (including phenoxy) is 2. The Kier molecular flexibility index (Phi) is 6.69. The lowest BCUT2D eigenvalue weighted by Crippen LogP contribution is -2.39. The number of amides is 1. The lowest BCUT2D eigenvalue weighted by molar-refractivity contribution is -0.130. The Morgan fingerprint density at radius 1 is 1.26 bits per heavy atom. The number of rotatable bonds is 9. The van der Waals surface area contributed by atoms with Crippen LogP contribution in [0.25, 0.3) is 10.2 Å². The molecule has 0 aliphatic heterocycles. The zero-order valence-corrected chi connectivity index (χ0v) is 14.5. The summed E-state index contributed by atoms with van der Waals surface area (Å²) in [7, 11) is 3.24. The fourth-order valence-corrected chi connectivity index (χ4v) is 3.00. The first kappa shape index (κ1) is 17.6. The van der Waals surface area contributed by atoms with Crippen molar-refractivity contribution in [3.8, 4) is 0 Å². The van der Waals surface area contributed by atoms with Crippen LogP contribution in [0.4, 0.5) is 5.82 Å². The van der Waals surface area contributed by atoms with Crippen LogP contribution in [0.2, 0.25) is 0 Å². The zero-order valence-electron chi connectivity index (χ0n) is 13.7. The average Bonchev–Trinajstić information content (AvgIpc) is 2.93. The summed E-state index contributed by atoms with van der Waals surface area (Å²) in [5.41, 5.74) is 0. The van der Waals surface area contributed by atoms with Gasteiger partial charge in [-0.1, -0.05) is 0 Å². The first-order chi connectivity index (χ1) is 11.2. The Morgan fingerprint density at radius 2 is 1.96 bits per heavy atom. The van der Waals surface area contributed by atoms with E-state index in [9.17, 15) is 4.79 Å². The quantitative estimate of drug-likeness (QED) is 0.747. The third-order valence-corrected chi connectivity index (χ3v) is 4.30. The number of carbonyl (C=O) groups excluding carboxylic acids is 1. The molecule has 0 saturated carbocycles.